The van der Waals surface area contributed by atoms with E-state index in [0.29, 0.717) is 12.2 Å². The number of aryl methyl sites for hydroxylation is 2. The highest BCUT2D eigenvalue weighted by atomic mass is 16.5. The zero-order valence-electron chi connectivity index (χ0n) is 15.7. The normalized spacial score (nSPS) is 16.2. The molecular weight excluding hydrogens is 334 g/mol. The Morgan fingerprint density at radius 1 is 1.23 bits per heavy atom. The SMILES string of the molecule is Cc1cc(C)cc(NC(=O)C[C@H]([NH2+]CCC[NH+]2CCOCC2)C(=O)[O-])c1. The summed E-state index contributed by atoms with van der Waals surface area (Å²) in [6, 6.07) is 4.89. The summed E-state index contributed by atoms with van der Waals surface area (Å²) < 4.78 is 5.32. The predicted octanol–water partition coefficient (Wildman–Crippen LogP) is -2.38. The lowest BCUT2D eigenvalue weighted by Gasteiger charge is -2.23. The van der Waals surface area contributed by atoms with Crippen LogP contribution in [-0.4, -0.2) is 57.3 Å². The molecule has 4 N–H and O–H groups in total. The summed E-state index contributed by atoms with van der Waals surface area (Å²) in [5.74, 6) is -1.50. The van der Waals surface area contributed by atoms with E-state index in [2.05, 4.69) is 5.32 Å². The van der Waals surface area contributed by atoms with Gasteiger partial charge in [-0.05, 0) is 37.1 Å². The van der Waals surface area contributed by atoms with Gasteiger partial charge in [-0.2, -0.15) is 0 Å². The standard InChI is InChI=1S/C19H29N3O4/c1-14-10-15(2)12-16(11-14)21-18(23)13-17(19(24)25)20-4-3-5-22-6-8-26-9-7-22/h10-12,17,20H,3-9,13H2,1-2H3,(H,21,23)(H,24,25)/p+1/t17-/m0/s1. The number of anilines is 1. The lowest BCUT2D eigenvalue weighted by atomic mass is 10.1. The Labute approximate surface area is 154 Å². The summed E-state index contributed by atoms with van der Waals surface area (Å²) >= 11 is 0. The van der Waals surface area contributed by atoms with Gasteiger partial charge in [-0.3, -0.25) is 4.79 Å². The highest BCUT2D eigenvalue weighted by Gasteiger charge is 2.19. The molecule has 0 radical (unpaired) electrons. The number of benzene rings is 1. The first-order chi connectivity index (χ1) is 12.4. The number of nitrogens with two attached hydrogens (primary N) is 1. The van der Waals surface area contributed by atoms with Gasteiger partial charge in [0, 0.05) is 12.1 Å². The lowest BCUT2D eigenvalue weighted by molar-refractivity contribution is -0.909. The van der Waals surface area contributed by atoms with E-state index >= 15 is 0 Å². The van der Waals surface area contributed by atoms with E-state index in [1.807, 2.05) is 32.0 Å². The molecule has 0 unspecified atom stereocenters. The fourth-order valence-electron chi connectivity index (χ4n) is 3.30. The van der Waals surface area contributed by atoms with E-state index in [4.69, 9.17) is 4.74 Å². The van der Waals surface area contributed by atoms with Crippen LogP contribution in [-0.2, 0) is 14.3 Å². The van der Waals surface area contributed by atoms with Crippen molar-refractivity contribution in [3.63, 3.8) is 0 Å². The monoisotopic (exact) mass is 364 g/mol. The Morgan fingerprint density at radius 3 is 2.50 bits per heavy atom. The Bertz CT molecular complexity index is 595. The topological polar surface area (TPSA) is 99.5 Å². The van der Waals surface area contributed by atoms with Crippen LogP contribution >= 0.6 is 0 Å². The fraction of sp³-hybridized carbons (Fsp3) is 0.579. The first kappa shape index (κ1) is 20.4. The third-order valence-electron chi connectivity index (χ3n) is 4.60. The molecule has 1 aliphatic rings. The molecular formula is C19H30N3O4+. The van der Waals surface area contributed by atoms with Crippen LogP contribution in [0, 0.1) is 13.8 Å². The van der Waals surface area contributed by atoms with Crippen molar-refractivity contribution in [2.24, 2.45) is 0 Å². The Balaban J connectivity index is 1.75. The van der Waals surface area contributed by atoms with Gasteiger partial charge in [-0.25, -0.2) is 0 Å². The maximum Gasteiger partial charge on any atom is 0.230 e. The molecule has 1 aromatic carbocycles. The van der Waals surface area contributed by atoms with Gasteiger partial charge in [-0.15, -0.1) is 0 Å². The molecule has 7 heteroatoms. The molecule has 26 heavy (non-hydrogen) atoms. The zero-order valence-corrected chi connectivity index (χ0v) is 15.7. The second kappa shape index (κ2) is 10.3. The van der Waals surface area contributed by atoms with E-state index in [1.54, 1.807) is 5.32 Å². The number of rotatable bonds is 9. The van der Waals surface area contributed by atoms with Gasteiger partial charge in [0.1, 0.15) is 19.1 Å². The summed E-state index contributed by atoms with van der Waals surface area (Å²) in [6.07, 6.45) is 0.803. The molecule has 0 bridgehead atoms. The average Bonchev–Trinajstić information content (AvgIpc) is 2.57. The van der Waals surface area contributed by atoms with Crippen LogP contribution in [0.15, 0.2) is 18.2 Å². The third-order valence-corrected chi connectivity index (χ3v) is 4.60. The van der Waals surface area contributed by atoms with Crippen molar-refractivity contribution in [1.29, 1.82) is 0 Å². The van der Waals surface area contributed by atoms with Crippen LogP contribution in [0.2, 0.25) is 0 Å². The van der Waals surface area contributed by atoms with Gasteiger partial charge in [-0.1, -0.05) is 6.07 Å². The van der Waals surface area contributed by atoms with Crippen LogP contribution in [0.1, 0.15) is 24.0 Å². The van der Waals surface area contributed by atoms with Gasteiger partial charge < -0.3 is 30.2 Å². The average molecular weight is 364 g/mol. The number of carboxylic acid groups (broad SMARTS) is 1. The van der Waals surface area contributed by atoms with Crippen molar-refractivity contribution in [3.8, 4) is 0 Å². The summed E-state index contributed by atoms with van der Waals surface area (Å²) in [7, 11) is 0. The Kier molecular flexibility index (Phi) is 8.03. The highest BCUT2D eigenvalue weighted by molar-refractivity contribution is 5.93. The van der Waals surface area contributed by atoms with Crippen LogP contribution in [0.3, 0.4) is 0 Å². The first-order valence-electron chi connectivity index (χ1n) is 9.27. The number of carboxylic acids is 1. The van der Waals surface area contributed by atoms with Crippen molar-refractivity contribution in [3.05, 3.63) is 29.3 Å². The van der Waals surface area contributed by atoms with Gasteiger partial charge in [0.15, 0.2) is 0 Å². The Morgan fingerprint density at radius 2 is 1.88 bits per heavy atom. The van der Waals surface area contributed by atoms with Crippen molar-refractivity contribution >= 4 is 17.6 Å². The summed E-state index contributed by atoms with van der Waals surface area (Å²) in [5.41, 5.74) is 2.79. The number of hydrogen-bond donors (Lipinski definition) is 3. The second-order valence-electron chi connectivity index (χ2n) is 7.04. The third kappa shape index (κ3) is 7.11. The minimum Gasteiger partial charge on any atom is -0.544 e. The van der Waals surface area contributed by atoms with Crippen molar-refractivity contribution in [2.75, 3.05) is 44.7 Å². The minimum absolute atomic E-state index is 0.0975. The first-order valence-corrected chi connectivity index (χ1v) is 9.27. The van der Waals surface area contributed by atoms with E-state index in [-0.39, 0.29) is 12.3 Å². The molecule has 1 aromatic rings. The predicted molar refractivity (Wildman–Crippen MR) is 95.7 cm³/mol. The molecule has 0 aliphatic carbocycles. The summed E-state index contributed by atoms with van der Waals surface area (Å²) in [4.78, 5) is 25.0. The second-order valence-corrected chi connectivity index (χ2v) is 7.04. The van der Waals surface area contributed by atoms with E-state index in [1.165, 1.54) is 4.90 Å². The van der Waals surface area contributed by atoms with E-state index in [0.717, 1.165) is 50.4 Å². The number of hydrogen-bond acceptors (Lipinski definition) is 4. The largest absolute Gasteiger partial charge is 0.544 e. The van der Waals surface area contributed by atoms with Gasteiger partial charge in [0.2, 0.25) is 5.91 Å². The molecule has 1 heterocycles. The lowest BCUT2D eigenvalue weighted by Crippen LogP contribution is -3.14. The number of nitrogens with one attached hydrogen (secondary N) is 2. The molecule has 0 saturated carbocycles. The fourth-order valence-corrected chi connectivity index (χ4v) is 3.30. The molecule has 2 rings (SSSR count). The van der Waals surface area contributed by atoms with Crippen LogP contribution in [0.25, 0.3) is 0 Å². The van der Waals surface area contributed by atoms with Gasteiger partial charge >= 0.3 is 0 Å². The minimum atomic E-state index is -1.20. The smallest absolute Gasteiger partial charge is 0.230 e. The molecule has 144 valence electrons. The number of morpholine rings is 1. The van der Waals surface area contributed by atoms with E-state index in [9.17, 15) is 14.7 Å². The maximum absolute atomic E-state index is 12.2. The highest BCUT2D eigenvalue weighted by Crippen LogP contribution is 2.13. The number of amides is 1. The van der Waals surface area contributed by atoms with Crippen molar-refractivity contribution in [1.82, 2.24) is 0 Å². The van der Waals surface area contributed by atoms with Crippen molar-refractivity contribution in [2.45, 2.75) is 32.7 Å². The Hall–Kier alpha value is -1.96. The van der Waals surface area contributed by atoms with Crippen LogP contribution in [0.4, 0.5) is 5.69 Å². The quantitative estimate of drug-likeness (QED) is 0.426. The summed E-state index contributed by atoms with van der Waals surface area (Å²) in [6.45, 7) is 9.16. The maximum atomic E-state index is 12.2. The van der Waals surface area contributed by atoms with E-state index < -0.39 is 12.0 Å². The molecule has 1 atom stereocenters. The molecule has 0 spiro atoms. The van der Waals surface area contributed by atoms with Crippen LogP contribution < -0.4 is 20.6 Å². The van der Waals surface area contributed by atoms with Crippen molar-refractivity contribution < 1.29 is 29.6 Å². The zero-order chi connectivity index (χ0) is 18.9. The number of quaternary nitrogens is 2. The molecule has 1 fully saturated rings. The molecule has 7 nitrogen and oxygen atoms in total. The molecule has 1 saturated heterocycles. The number of aliphatic carboxylic acids is 1. The number of carbonyl (C=O) groups is 2. The van der Waals surface area contributed by atoms with Crippen LogP contribution in [0.5, 0.6) is 0 Å². The number of ether oxygens (including phenoxy) is 1. The summed E-state index contributed by atoms with van der Waals surface area (Å²) in [5, 5.41) is 15.8. The number of carbonyl (C=O) groups excluding carboxylic acids is 2. The molecule has 0 aromatic heterocycles. The molecule has 1 amide bonds. The van der Waals surface area contributed by atoms with Gasteiger partial charge in [0.05, 0.1) is 38.7 Å². The molecule has 1 aliphatic heterocycles. The van der Waals surface area contributed by atoms with Gasteiger partial charge in [0.25, 0.3) is 0 Å².